The monoisotopic (exact) mass is 221 g/mol. The fourth-order valence-corrected chi connectivity index (χ4v) is 2.07. The van der Waals surface area contributed by atoms with Crippen LogP contribution < -0.4 is 14.8 Å². The number of aryl methyl sites for hydroxylation is 1. The number of ether oxygens (including phenoxy) is 2. The molecule has 2 aliphatic heterocycles. The van der Waals surface area contributed by atoms with Gasteiger partial charge in [-0.05, 0) is 24.5 Å². The zero-order chi connectivity index (χ0) is 11.1. The lowest BCUT2D eigenvalue weighted by Crippen LogP contribution is -2.33. The number of hydrogen-bond donors (Lipinski definition) is 2. The minimum Gasteiger partial charge on any atom is -0.480 e. The van der Waals surface area contributed by atoms with E-state index in [1.165, 1.54) is 0 Å². The molecule has 16 heavy (non-hydrogen) atoms. The summed E-state index contributed by atoms with van der Waals surface area (Å²) in [4.78, 5) is 10.9. The highest BCUT2D eigenvalue weighted by Crippen LogP contribution is 2.39. The fraction of sp³-hybridized carbons (Fsp3) is 0.364. The lowest BCUT2D eigenvalue weighted by Gasteiger charge is -2.24. The second kappa shape index (κ2) is 3.30. The summed E-state index contributed by atoms with van der Waals surface area (Å²) in [6.07, 6.45) is 1.35. The van der Waals surface area contributed by atoms with Gasteiger partial charge in [0, 0.05) is 11.8 Å². The Morgan fingerprint density at radius 1 is 1.38 bits per heavy atom. The van der Waals surface area contributed by atoms with E-state index in [1.54, 1.807) is 0 Å². The molecule has 0 spiro atoms. The normalized spacial score (nSPS) is 21.1. The first-order valence-corrected chi connectivity index (χ1v) is 5.16. The van der Waals surface area contributed by atoms with Gasteiger partial charge in [0.1, 0.15) is 6.04 Å². The van der Waals surface area contributed by atoms with E-state index in [2.05, 4.69) is 5.32 Å². The number of fused-ring (bicyclic) bond motifs is 2. The molecule has 0 saturated heterocycles. The van der Waals surface area contributed by atoms with E-state index in [0.717, 1.165) is 23.4 Å². The van der Waals surface area contributed by atoms with Crippen molar-refractivity contribution in [3.63, 3.8) is 0 Å². The van der Waals surface area contributed by atoms with Crippen LogP contribution in [0.1, 0.15) is 12.0 Å². The number of nitrogens with one attached hydrogen (secondary N) is 1. The van der Waals surface area contributed by atoms with Crippen LogP contribution in [0.15, 0.2) is 12.1 Å². The Morgan fingerprint density at radius 2 is 2.12 bits per heavy atom. The van der Waals surface area contributed by atoms with Crippen LogP contribution in [0.2, 0.25) is 0 Å². The molecule has 0 aliphatic carbocycles. The van der Waals surface area contributed by atoms with Crippen molar-refractivity contribution < 1.29 is 19.4 Å². The van der Waals surface area contributed by atoms with Crippen molar-refractivity contribution in [1.82, 2.24) is 0 Å². The van der Waals surface area contributed by atoms with Crippen molar-refractivity contribution >= 4 is 11.7 Å². The molecule has 0 fully saturated rings. The van der Waals surface area contributed by atoms with Crippen molar-refractivity contribution in [2.75, 3.05) is 12.1 Å². The molecule has 1 atom stereocenters. The van der Waals surface area contributed by atoms with E-state index in [1.807, 2.05) is 12.1 Å². The maximum atomic E-state index is 10.9. The Labute approximate surface area is 92.0 Å². The molecule has 0 aromatic heterocycles. The number of carboxylic acids is 1. The van der Waals surface area contributed by atoms with Gasteiger partial charge in [-0.2, -0.15) is 0 Å². The van der Waals surface area contributed by atoms with Crippen LogP contribution in [0, 0.1) is 0 Å². The van der Waals surface area contributed by atoms with Gasteiger partial charge >= 0.3 is 5.97 Å². The highest BCUT2D eigenvalue weighted by atomic mass is 16.7. The standard InChI is InChI=1S/C11H11NO4/c13-11(14)7-2-1-6-3-9-10(16-5-15-9)4-8(6)12-7/h3-4,7,12H,1-2,5H2,(H,13,14). The number of benzene rings is 1. The highest BCUT2D eigenvalue weighted by molar-refractivity contribution is 5.79. The van der Waals surface area contributed by atoms with Crippen molar-refractivity contribution in [2.45, 2.75) is 18.9 Å². The molecule has 1 aromatic rings. The smallest absolute Gasteiger partial charge is 0.326 e. The summed E-state index contributed by atoms with van der Waals surface area (Å²) in [5, 5.41) is 11.9. The third-order valence-corrected chi connectivity index (χ3v) is 2.93. The highest BCUT2D eigenvalue weighted by Gasteiger charge is 2.26. The zero-order valence-corrected chi connectivity index (χ0v) is 8.53. The van der Waals surface area contributed by atoms with Gasteiger partial charge < -0.3 is 19.9 Å². The summed E-state index contributed by atoms with van der Waals surface area (Å²) < 4.78 is 10.5. The van der Waals surface area contributed by atoms with Crippen molar-refractivity contribution in [3.8, 4) is 11.5 Å². The maximum Gasteiger partial charge on any atom is 0.326 e. The Morgan fingerprint density at radius 3 is 2.88 bits per heavy atom. The molecule has 2 heterocycles. The first-order chi connectivity index (χ1) is 7.74. The summed E-state index contributed by atoms with van der Waals surface area (Å²) in [6, 6.07) is 3.23. The van der Waals surface area contributed by atoms with E-state index in [9.17, 15) is 4.79 Å². The molecule has 1 aromatic carbocycles. The van der Waals surface area contributed by atoms with Crippen LogP contribution in [0.4, 0.5) is 5.69 Å². The minimum atomic E-state index is -0.816. The molecule has 0 radical (unpaired) electrons. The van der Waals surface area contributed by atoms with Crippen LogP contribution in [0.5, 0.6) is 11.5 Å². The number of anilines is 1. The molecule has 84 valence electrons. The van der Waals surface area contributed by atoms with Crippen LogP contribution >= 0.6 is 0 Å². The number of rotatable bonds is 1. The predicted molar refractivity (Wildman–Crippen MR) is 55.9 cm³/mol. The van der Waals surface area contributed by atoms with Crippen LogP contribution in [-0.2, 0) is 11.2 Å². The number of carbonyl (C=O) groups is 1. The molecular weight excluding hydrogens is 210 g/mol. The largest absolute Gasteiger partial charge is 0.480 e. The molecule has 2 aliphatic rings. The Kier molecular flexibility index (Phi) is 1.92. The summed E-state index contributed by atoms with van der Waals surface area (Å²) in [5.74, 6) is 0.606. The zero-order valence-electron chi connectivity index (χ0n) is 8.53. The molecule has 3 rings (SSSR count). The Hall–Kier alpha value is -1.91. The average Bonchev–Trinajstić information content (AvgIpc) is 2.71. The number of aliphatic carboxylic acids is 1. The van der Waals surface area contributed by atoms with Gasteiger partial charge in [-0.25, -0.2) is 4.79 Å². The van der Waals surface area contributed by atoms with E-state index < -0.39 is 12.0 Å². The fourth-order valence-electron chi connectivity index (χ4n) is 2.07. The lowest BCUT2D eigenvalue weighted by molar-refractivity contribution is -0.138. The molecule has 0 amide bonds. The van der Waals surface area contributed by atoms with Crippen LogP contribution in [-0.4, -0.2) is 23.9 Å². The third kappa shape index (κ3) is 1.36. The quantitative estimate of drug-likeness (QED) is 0.746. The van der Waals surface area contributed by atoms with E-state index in [4.69, 9.17) is 14.6 Å². The van der Waals surface area contributed by atoms with Gasteiger partial charge in [-0.3, -0.25) is 0 Å². The molecule has 5 nitrogen and oxygen atoms in total. The Balaban J connectivity index is 1.96. The van der Waals surface area contributed by atoms with Gasteiger partial charge in [0.2, 0.25) is 6.79 Å². The van der Waals surface area contributed by atoms with E-state index in [-0.39, 0.29) is 6.79 Å². The van der Waals surface area contributed by atoms with Crippen molar-refractivity contribution in [1.29, 1.82) is 0 Å². The number of carboxylic acid groups (broad SMARTS) is 1. The molecular formula is C11H11NO4. The van der Waals surface area contributed by atoms with Gasteiger partial charge in [-0.1, -0.05) is 0 Å². The molecule has 1 unspecified atom stereocenters. The molecule has 0 bridgehead atoms. The average molecular weight is 221 g/mol. The van der Waals surface area contributed by atoms with Gasteiger partial charge in [0.25, 0.3) is 0 Å². The van der Waals surface area contributed by atoms with Gasteiger partial charge in [-0.15, -0.1) is 0 Å². The predicted octanol–water partition coefficient (Wildman–Crippen LogP) is 1.23. The first-order valence-electron chi connectivity index (χ1n) is 5.16. The van der Waals surface area contributed by atoms with Crippen molar-refractivity contribution in [3.05, 3.63) is 17.7 Å². The summed E-state index contributed by atoms with van der Waals surface area (Å²) in [7, 11) is 0. The molecule has 0 saturated carbocycles. The maximum absolute atomic E-state index is 10.9. The van der Waals surface area contributed by atoms with E-state index in [0.29, 0.717) is 12.2 Å². The SMILES string of the molecule is O=C(O)C1CCc2cc3c(cc2N1)OCO3. The first kappa shape index (κ1) is 9.33. The lowest BCUT2D eigenvalue weighted by atomic mass is 9.97. The molecule has 2 N–H and O–H groups in total. The minimum absolute atomic E-state index is 0.237. The van der Waals surface area contributed by atoms with Crippen molar-refractivity contribution in [2.24, 2.45) is 0 Å². The third-order valence-electron chi connectivity index (χ3n) is 2.93. The number of hydrogen-bond acceptors (Lipinski definition) is 4. The Bertz CT molecular complexity index is 458. The van der Waals surface area contributed by atoms with Crippen LogP contribution in [0.3, 0.4) is 0 Å². The van der Waals surface area contributed by atoms with Gasteiger partial charge in [0.15, 0.2) is 11.5 Å². The topological polar surface area (TPSA) is 67.8 Å². The molecule has 5 heteroatoms. The van der Waals surface area contributed by atoms with Crippen LogP contribution in [0.25, 0.3) is 0 Å². The summed E-state index contributed by atoms with van der Waals surface area (Å²) in [5.41, 5.74) is 1.92. The summed E-state index contributed by atoms with van der Waals surface area (Å²) >= 11 is 0. The van der Waals surface area contributed by atoms with Gasteiger partial charge in [0.05, 0.1) is 0 Å². The summed E-state index contributed by atoms with van der Waals surface area (Å²) in [6.45, 7) is 0.237. The van der Waals surface area contributed by atoms with E-state index >= 15 is 0 Å². The second-order valence-electron chi connectivity index (χ2n) is 3.94. The second-order valence-corrected chi connectivity index (χ2v) is 3.94.